The molecule has 3 N–H and O–H groups in total. The fourth-order valence-electron chi connectivity index (χ4n) is 4.82. The number of primary amides is 1. The number of hydrogen-bond donors (Lipinski definition) is 2. The number of benzene rings is 1. The van der Waals surface area contributed by atoms with E-state index in [2.05, 4.69) is 17.2 Å². The van der Waals surface area contributed by atoms with Crippen molar-refractivity contribution >= 4 is 23.0 Å². The van der Waals surface area contributed by atoms with Crippen molar-refractivity contribution in [3.63, 3.8) is 0 Å². The maximum atomic E-state index is 15.2. The van der Waals surface area contributed by atoms with E-state index >= 15 is 4.39 Å². The van der Waals surface area contributed by atoms with Gasteiger partial charge in [-0.15, -0.1) is 0 Å². The SMILES string of the molecule is CC#CC(=O)N[C@@H]1C=C(c2c(F)cc(C(N)=O)c3c2C2=C(CCC2)C3)CCC1. The lowest BCUT2D eigenvalue weighted by atomic mass is 9.84. The van der Waals surface area contributed by atoms with Crippen molar-refractivity contribution in [3.05, 3.63) is 45.8 Å². The van der Waals surface area contributed by atoms with Gasteiger partial charge in [-0.25, -0.2) is 4.39 Å². The van der Waals surface area contributed by atoms with Crippen LogP contribution < -0.4 is 11.1 Å². The van der Waals surface area contributed by atoms with Gasteiger partial charge in [-0.05, 0) is 86.1 Å². The van der Waals surface area contributed by atoms with Crippen LogP contribution in [0.4, 0.5) is 4.39 Å². The van der Waals surface area contributed by atoms with Gasteiger partial charge >= 0.3 is 0 Å². The number of nitrogens with one attached hydrogen (secondary N) is 1. The maximum absolute atomic E-state index is 15.2. The average molecular weight is 378 g/mol. The van der Waals surface area contributed by atoms with Crippen molar-refractivity contribution in [1.82, 2.24) is 5.32 Å². The molecule has 144 valence electrons. The molecule has 0 fully saturated rings. The van der Waals surface area contributed by atoms with Crippen LogP contribution in [-0.2, 0) is 11.2 Å². The summed E-state index contributed by atoms with van der Waals surface area (Å²) in [5.74, 6) is 3.78. The van der Waals surface area contributed by atoms with Gasteiger partial charge in [-0.3, -0.25) is 9.59 Å². The number of carbonyl (C=O) groups excluding carboxylic acids is 2. The molecule has 28 heavy (non-hydrogen) atoms. The van der Waals surface area contributed by atoms with E-state index in [9.17, 15) is 9.59 Å². The Hall–Kier alpha value is -2.87. The number of allylic oxidation sites excluding steroid dienone is 3. The van der Waals surface area contributed by atoms with Crippen molar-refractivity contribution in [3.8, 4) is 11.8 Å². The molecule has 0 unspecified atom stereocenters. The highest BCUT2D eigenvalue weighted by atomic mass is 19.1. The van der Waals surface area contributed by atoms with E-state index in [0.29, 0.717) is 17.5 Å². The van der Waals surface area contributed by atoms with Crippen LogP contribution in [0.15, 0.2) is 17.7 Å². The Bertz CT molecular complexity index is 1010. The van der Waals surface area contributed by atoms with E-state index in [1.165, 1.54) is 17.2 Å². The van der Waals surface area contributed by atoms with E-state index in [1.54, 1.807) is 6.92 Å². The highest BCUT2D eigenvalue weighted by Gasteiger charge is 2.34. The predicted molar refractivity (Wildman–Crippen MR) is 107 cm³/mol. The van der Waals surface area contributed by atoms with Crippen LogP contribution >= 0.6 is 0 Å². The molecule has 0 aromatic heterocycles. The minimum atomic E-state index is -0.580. The summed E-state index contributed by atoms with van der Waals surface area (Å²) in [5, 5.41) is 2.89. The van der Waals surface area contributed by atoms with Crippen LogP contribution in [0.25, 0.3) is 11.1 Å². The molecule has 2 amide bonds. The summed E-state index contributed by atoms with van der Waals surface area (Å²) in [7, 11) is 0. The summed E-state index contributed by atoms with van der Waals surface area (Å²) in [6.07, 6.45) is 8.02. The Kier molecular flexibility index (Phi) is 4.80. The highest BCUT2D eigenvalue weighted by Crippen LogP contribution is 2.48. The zero-order valence-corrected chi connectivity index (χ0v) is 16.0. The van der Waals surface area contributed by atoms with Gasteiger partial charge in [-0.1, -0.05) is 17.6 Å². The second-order valence-electron chi connectivity index (χ2n) is 7.65. The molecule has 0 heterocycles. The highest BCUT2D eigenvalue weighted by molar-refractivity contribution is 6.00. The molecule has 0 bridgehead atoms. The summed E-state index contributed by atoms with van der Waals surface area (Å²) >= 11 is 0. The van der Waals surface area contributed by atoms with Gasteiger partial charge in [0.2, 0.25) is 5.91 Å². The summed E-state index contributed by atoms with van der Waals surface area (Å²) in [6, 6.07) is 1.13. The largest absolute Gasteiger partial charge is 0.366 e. The van der Waals surface area contributed by atoms with Crippen LogP contribution in [0.1, 0.15) is 72.5 Å². The van der Waals surface area contributed by atoms with Crippen LogP contribution in [0.3, 0.4) is 0 Å². The predicted octanol–water partition coefficient (Wildman–Crippen LogP) is 3.49. The first-order chi connectivity index (χ1) is 13.5. The topological polar surface area (TPSA) is 72.2 Å². The van der Waals surface area contributed by atoms with Gasteiger partial charge in [-0.2, -0.15) is 0 Å². The first-order valence-electron chi connectivity index (χ1n) is 9.80. The molecular weight excluding hydrogens is 355 g/mol. The van der Waals surface area contributed by atoms with Gasteiger partial charge in [0.1, 0.15) is 5.82 Å². The normalized spacial score (nSPS) is 20.1. The number of carbonyl (C=O) groups is 2. The van der Waals surface area contributed by atoms with Gasteiger partial charge < -0.3 is 11.1 Å². The molecule has 1 aromatic carbocycles. The lowest BCUT2D eigenvalue weighted by molar-refractivity contribution is -0.116. The molecule has 1 aromatic rings. The van der Waals surface area contributed by atoms with E-state index in [4.69, 9.17) is 5.73 Å². The van der Waals surface area contributed by atoms with Crippen molar-refractivity contribution in [1.29, 1.82) is 0 Å². The van der Waals surface area contributed by atoms with Crippen molar-refractivity contribution in [2.24, 2.45) is 5.73 Å². The molecule has 3 aliphatic carbocycles. The molecule has 5 heteroatoms. The third kappa shape index (κ3) is 3.13. The monoisotopic (exact) mass is 378 g/mol. The summed E-state index contributed by atoms with van der Waals surface area (Å²) in [6.45, 7) is 1.62. The Morgan fingerprint density at radius 3 is 2.79 bits per heavy atom. The van der Waals surface area contributed by atoms with Crippen molar-refractivity contribution in [2.45, 2.75) is 57.9 Å². The lowest BCUT2D eigenvalue weighted by Crippen LogP contribution is -2.34. The minimum Gasteiger partial charge on any atom is -0.366 e. The van der Waals surface area contributed by atoms with Crippen LogP contribution in [-0.4, -0.2) is 17.9 Å². The Labute approximate surface area is 164 Å². The van der Waals surface area contributed by atoms with Crippen LogP contribution in [0.5, 0.6) is 0 Å². The molecule has 0 saturated heterocycles. The van der Waals surface area contributed by atoms with Gasteiger partial charge in [0.25, 0.3) is 5.91 Å². The lowest BCUT2D eigenvalue weighted by Gasteiger charge is -2.24. The smallest absolute Gasteiger partial charge is 0.296 e. The second-order valence-corrected chi connectivity index (χ2v) is 7.65. The summed E-state index contributed by atoms with van der Waals surface area (Å²) < 4.78 is 15.2. The third-order valence-corrected chi connectivity index (χ3v) is 5.92. The van der Waals surface area contributed by atoms with Crippen LogP contribution in [0, 0.1) is 17.7 Å². The number of halogens is 1. The molecule has 1 atom stereocenters. The van der Waals surface area contributed by atoms with E-state index in [0.717, 1.165) is 55.2 Å². The minimum absolute atomic E-state index is 0.165. The van der Waals surface area contributed by atoms with Gasteiger partial charge in [0.05, 0.1) is 0 Å². The van der Waals surface area contributed by atoms with E-state index in [-0.39, 0.29) is 11.9 Å². The quantitative estimate of drug-likeness (QED) is 0.791. The number of amides is 2. The summed E-state index contributed by atoms with van der Waals surface area (Å²) in [5.41, 5.74) is 11.6. The molecule has 3 aliphatic rings. The number of hydrogen-bond acceptors (Lipinski definition) is 2. The zero-order chi connectivity index (χ0) is 19.8. The van der Waals surface area contributed by atoms with Crippen LogP contribution in [0.2, 0.25) is 0 Å². The van der Waals surface area contributed by atoms with Crippen molar-refractivity contribution < 1.29 is 14.0 Å². The second kappa shape index (κ2) is 7.27. The summed E-state index contributed by atoms with van der Waals surface area (Å²) in [4.78, 5) is 23.7. The van der Waals surface area contributed by atoms with E-state index in [1.807, 2.05) is 6.08 Å². The molecule has 0 spiro atoms. The fraction of sp³-hybridized carbons (Fsp3) is 0.391. The molecule has 4 nitrogen and oxygen atoms in total. The number of rotatable bonds is 3. The Morgan fingerprint density at radius 1 is 1.21 bits per heavy atom. The molecule has 0 aliphatic heterocycles. The molecule has 0 saturated carbocycles. The van der Waals surface area contributed by atoms with Gasteiger partial charge in [0, 0.05) is 17.2 Å². The molecule has 4 rings (SSSR count). The first kappa shape index (κ1) is 18.5. The van der Waals surface area contributed by atoms with Gasteiger partial charge in [0.15, 0.2) is 0 Å². The Morgan fingerprint density at radius 2 is 2.04 bits per heavy atom. The zero-order valence-electron chi connectivity index (χ0n) is 16.0. The third-order valence-electron chi connectivity index (χ3n) is 5.92. The van der Waals surface area contributed by atoms with Crippen molar-refractivity contribution in [2.75, 3.05) is 0 Å². The Balaban J connectivity index is 1.81. The van der Waals surface area contributed by atoms with E-state index < -0.39 is 11.7 Å². The molecular formula is C23H23FN2O2. The fourth-order valence-corrected chi connectivity index (χ4v) is 4.82. The average Bonchev–Trinajstić information content (AvgIpc) is 3.23. The maximum Gasteiger partial charge on any atom is 0.296 e. The first-order valence-corrected chi connectivity index (χ1v) is 9.80. The number of nitrogens with two attached hydrogens (primary N) is 1. The molecule has 0 radical (unpaired) electrons. The standard InChI is InChI=1S/C23H23FN2O2/c1-2-5-20(27)26-15-8-3-7-14(10-15)21-19(24)12-18(23(25)28)17-11-13-6-4-9-16(13)22(17)21/h10,12,15H,3-4,6-9,11H2,1H3,(H2,25,28)(H,26,27)/t15-/m0/s1. The number of fused-ring (bicyclic) bond motifs is 2.